The van der Waals surface area contributed by atoms with Crippen LogP contribution < -0.4 is 15.5 Å². The van der Waals surface area contributed by atoms with Crippen molar-refractivity contribution in [3.05, 3.63) is 131 Å². The second-order valence-electron chi connectivity index (χ2n) is 10.9. The fourth-order valence-corrected chi connectivity index (χ4v) is 5.41. The average molecular weight is 588 g/mol. The highest BCUT2D eigenvalue weighted by Gasteiger charge is 2.18. The van der Waals surface area contributed by atoms with Crippen LogP contribution in [0.25, 0.3) is 16.7 Å². The number of amides is 3. The SMILES string of the molecule is O=C(O)CCNC(=O)c1ccc(CN(C(=O)NCc2ccccc2-c2ccccc2)c2ccc(C3=CCCCC3)cc2)cc1. The Kier molecular flexibility index (Phi) is 10.2. The molecule has 0 saturated carbocycles. The van der Waals surface area contributed by atoms with Gasteiger partial charge in [0, 0.05) is 24.3 Å². The minimum Gasteiger partial charge on any atom is -0.481 e. The fourth-order valence-electron chi connectivity index (χ4n) is 5.41. The Bertz CT molecular complexity index is 1610. The van der Waals surface area contributed by atoms with E-state index in [2.05, 4.69) is 47.0 Å². The van der Waals surface area contributed by atoms with Crippen LogP contribution in [0.4, 0.5) is 10.5 Å². The number of hydrogen-bond donors (Lipinski definition) is 3. The molecule has 0 aromatic heterocycles. The number of benzene rings is 4. The quantitative estimate of drug-likeness (QED) is 0.170. The van der Waals surface area contributed by atoms with E-state index in [0.29, 0.717) is 18.7 Å². The van der Waals surface area contributed by atoms with E-state index in [0.717, 1.165) is 40.8 Å². The van der Waals surface area contributed by atoms with E-state index in [1.807, 2.05) is 60.7 Å². The lowest BCUT2D eigenvalue weighted by atomic mass is 9.93. The van der Waals surface area contributed by atoms with Gasteiger partial charge in [0.1, 0.15) is 0 Å². The molecule has 1 aliphatic carbocycles. The van der Waals surface area contributed by atoms with Crippen molar-refractivity contribution in [2.24, 2.45) is 0 Å². The van der Waals surface area contributed by atoms with E-state index in [1.165, 1.54) is 24.0 Å². The summed E-state index contributed by atoms with van der Waals surface area (Å²) in [6, 6.07) is 33.1. The van der Waals surface area contributed by atoms with Crippen molar-refractivity contribution in [3.8, 4) is 11.1 Å². The van der Waals surface area contributed by atoms with Crippen LogP contribution in [0.5, 0.6) is 0 Å². The first-order chi connectivity index (χ1) is 21.5. The number of carbonyl (C=O) groups is 3. The van der Waals surface area contributed by atoms with Crippen molar-refractivity contribution in [1.29, 1.82) is 0 Å². The third kappa shape index (κ3) is 8.01. The molecule has 4 aromatic rings. The maximum absolute atomic E-state index is 13.8. The molecule has 3 N–H and O–H groups in total. The summed E-state index contributed by atoms with van der Waals surface area (Å²) in [4.78, 5) is 38.7. The van der Waals surface area contributed by atoms with Crippen LogP contribution in [0.3, 0.4) is 0 Å². The number of carboxylic acid groups (broad SMARTS) is 1. The number of carbonyl (C=O) groups excluding carboxylic acids is 2. The van der Waals surface area contributed by atoms with E-state index in [-0.39, 0.29) is 24.9 Å². The van der Waals surface area contributed by atoms with Gasteiger partial charge >= 0.3 is 12.0 Å². The fraction of sp³-hybridized carbons (Fsp3) is 0.216. The molecule has 0 spiro atoms. The van der Waals surface area contributed by atoms with Gasteiger partial charge in [-0.15, -0.1) is 0 Å². The van der Waals surface area contributed by atoms with Crippen LogP contribution in [0.1, 0.15) is 59.2 Å². The van der Waals surface area contributed by atoms with Crippen molar-refractivity contribution >= 4 is 29.2 Å². The molecule has 0 bridgehead atoms. The van der Waals surface area contributed by atoms with Gasteiger partial charge in [0.05, 0.1) is 13.0 Å². The van der Waals surface area contributed by atoms with Crippen molar-refractivity contribution in [2.45, 2.75) is 45.2 Å². The van der Waals surface area contributed by atoms with Crippen molar-refractivity contribution in [3.63, 3.8) is 0 Å². The number of carboxylic acids is 1. The summed E-state index contributed by atoms with van der Waals surface area (Å²) in [5, 5.41) is 14.6. The number of hydrogen-bond acceptors (Lipinski definition) is 3. The predicted octanol–water partition coefficient (Wildman–Crippen LogP) is 7.43. The highest BCUT2D eigenvalue weighted by molar-refractivity contribution is 5.95. The second-order valence-corrected chi connectivity index (χ2v) is 10.9. The van der Waals surface area contributed by atoms with E-state index in [9.17, 15) is 14.4 Å². The summed E-state index contributed by atoms with van der Waals surface area (Å²) in [7, 11) is 0. The Morgan fingerprint density at radius 3 is 2.18 bits per heavy atom. The zero-order valence-electron chi connectivity index (χ0n) is 24.7. The van der Waals surface area contributed by atoms with E-state index >= 15 is 0 Å². The first-order valence-corrected chi connectivity index (χ1v) is 15.0. The molecule has 1 aliphatic rings. The van der Waals surface area contributed by atoms with Gasteiger partial charge in [-0.05, 0) is 83.3 Å². The van der Waals surface area contributed by atoms with E-state index in [1.54, 1.807) is 17.0 Å². The van der Waals surface area contributed by atoms with Gasteiger partial charge in [-0.2, -0.15) is 0 Å². The van der Waals surface area contributed by atoms with Crippen LogP contribution in [0.2, 0.25) is 0 Å². The minimum atomic E-state index is -0.967. The second kappa shape index (κ2) is 14.8. The van der Waals surface area contributed by atoms with Crippen LogP contribution in [-0.2, 0) is 17.9 Å². The Labute approximate surface area is 258 Å². The molecular weight excluding hydrogens is 550 g/mol. The first-order valence-electron chi connectivity index (χ1n) is 15.0. The van der Waals surface area contributed by atoms with Gasteiger partial charge in [0.15, 0.2) is 0 Å². The Balaban J connectivity index is 1.34. The molecule has 0 unspecified atom stereocenters. The normalized spacial score (nSPS) is 12.6. The monoisotopic (exact) mass is 587 g/mol. The van der Waals surface area contributed by atoms with Crippen LogP contribution in [0.15, 0.2) is 109 Å². The summed E-state index contributed by atoms with van der Waals surface area (Å²) in [6.45, 7) is 0.722. The van der Waals surface area contributed by atoms with Gasteiger partial charge < -0.3 is 15.7 Å². The van der Waals surface area contributed by atoms with Crippen molar-refractivity contribution < 1.29 is 19.5 Å². The van der Waals surface area contributed by atoms with Crippen LogP contribution >= 0.6 is 0 Å². The Hall–Kier alpha value is -5.17. The average Bonchev–Trinajstić information content (AvgIpc) is 3.07. The summed E-state index contributed by atoms with van der Waals surface area (Å²) in [5.41, 5.74) is 7.77. The molecule has 0 saturated heterocycles. The van der Waals surface area contributed by atoms with E-state index in [4.69, 9.17) is 5.11 Å². The molecule has 0 heterocycles. The number of aliphatic carboxylic acids is 1. The summed E-state index contributed by atoms with van der Waals surface area (Å²) >= 11 is 0. The number of nitrogens with zero attached hydrogens (tertiary/aromatic N) is 1. The lowest BCUT2D eigenvalue weighted by Crippen LogP contribution is -2.39. The smallest absolute Gasteiger partial charge is 0.322 e. The lowest BCUT2D eigenvalue weighted by Gasteiger charge is -2.24. The highest BCUT2D eigenvalue weighted by atomic mass is 16.4. The third-order valence-electron chi connectivity index (χ3n) is 7.80. The van der Waals surface area contributed by atoms with E-state index < -0.39 is 5.97 Å². The van der Waals surface area contributed by atoms with Crippen LogP contribution in [-0.4, -0.2) is 29.6 Å². The minimum absolute atomic E-state index is 0.0597. The van der Waals surface area contributed by atoms with Crippen molar-refractivity contribution in [1.82, 2.24) is 10.6 Å². The maximum Gasteiger partial charge on any atom is 0.322 e. The molecule has 5 rings (SSSR count). The number of anilines is 1. The van der Waals surface area contributed by atoms with Crippen LogP contribution in [0, 0.1) is 0 Å². The maximum atomic E-state index is 13.8. The molecule has 0 aliphatic heterocycles. The number of urea groups is 1. The van der Waals surface area contributed by atoms with Gasteiger partial charge in [-0.3, -0.25) is 14.5 Å². The van der Waals surface area contributed by atoms with Gasteiger partial charge in [0.25, 0.3) is 5.91 Å². The Morgan fingerprint density at radius 1 is 0.750 bits per heavy atom. The first kappa shape index (κ1) is 30.3. The Morgan fingerprint density at radius 2 is 1.48 bits per heavy atom. The standard InChI is InChI=1S/C37H37N3O4/c41-35(42)23-24-38-36(43)31-17-15-27(16-18-31)26-40(33-21-19-29(20-22-33)28-9-3-1-4-10-28)37(44)39-25-32-13-7-8-14-34(32)30-11-5-2-6-12-30/h2,5-9,11-22H,1,3-4,10,23-26H2,(H,38,43)(H,39,44)(H,41,42). The molecule has 4 aromatic carbocycles. The predicted molar refractivity (Wildman–Crippen MR) is 174 cm³/mol. The number of allylic oxidation sites excluding steroid dienone is 2. The molecule has 0 radical (unpaired) electrons. The molecule has 3 amide bonds. The summed E-state index contributed by atoms with van der Waals surface area (Å²) < 4.78 is 0. The van der Waals surface area contributed by atoms with Gasteiger partial charge in [-0.1, -0.05) is 84.9 Å². The largest absolute Gasteiger partial charge is 0.481 e. The zero-order chi connectivity index (χ0) is 30.7. The topological polar surface area (TPSA) is 98.7 Å². The molecular formula is C37H37N3O4. The van der Waals surface area contributed by atoms with Gasteiger partial charge in [-0.25, -0.2) is 4.79 Å². The molecule has 0 fully saturated rings. The molecule has 44 heavy (non-hydrogen) atoms. The summed E-state index contributed by atoms with van der Waals surface area (Å²) in [6.07, 6.45) is 6.77. The highest BCUT2D eigenvalue weighted by Crippen LogP contribution is 2.29. The number of rotatable bonds is 11. The summed E-state index contributed by atoms with van der Waals surface area (Å²) in [5.74, 6) is -1.30. The molecule has 0 atom stereocenters. The van der Waals surface area contributed by atoms with Crippen molar-refractivity contribution in [2.75, 3.05) is 11.4 Å². The molecule has 224 valence electrons. The molecule has 7 nitrogen and oxygen atoms in total. The van der Waals surface area contributed by atoms with Gasteiger partial charge in [0.2, 0.25) is 0 Å². The number of nitrogens with one attached hydrogen (secondary N) is 2. The zero-order valence-corrected chi connectivity index (χ0v) is 24.7. The third-order valence-corrected chi connectivity index (χ3v) is 7.80. The molecule has 7 heteroatoms. The lowest BCUT2D eigenvalue weighted by molar-refractivity contribution is -0.136.